The number of carbonyl (C=O) groups is 2. The Morgan fingerprint density at radius 3 is 2.30 bits per heavy atom. The molecule has 0 unspecified atom stereocenters. The number of amides is 1. The van der Waals surface area contributed by atoms with Gasteiger partial charge in [0.2, 0.25) is 0 Å². The Bertz CT molecular complexity index is 1060. The summed E-state index contributed by atoms with van der Waals surface area (Å²) in [6.45, 7) is 2.20. The summed E-state index contributed by atoms with van der Waals surface area (Å²) in [7, 11) is 0. The van der Waals surface area contributed by atoms with E-state index < -0.39 is 12.1 Å². The first-order chi connectivity index (χ1) is 14.6. The van der Waals surface area contributed by atoms with E-state index in [1.807, 2.05) is 48.5 Å². The summed E-state index contributed by atoms with van der Waals surface area (Å²) in [5, 5.41) is 6.51. The van der Waals surface area contributed by atoms with Gasteiger partial charge in [-0.3, -0.25) is 4.79 Å². The van der Waals surface area contributed by atoms with E-state index in [2.05, 4.69) is 17.5 Å². The zero-order valence-electron chi connectivity index (χ0n) is 17.3. The van der Waals surface area contributed by atoms with Gasteiger partial charge in [-0.1, -0.05) is 60.2 Å². The van der Waals surface area contributed by atoms with Crippen LogP contribution in [0.2, 0.25) is 0 Å². The van der Waals surface area contributed by atoms with Gasteiger partial charge in [0.25, 0.3) is 5.91 Å². The maximum atomic E-state index is 13.1. The monoisotopic (exact) mass is 401 g/mol. The Kier molecular flexibility index (Phi) is 6.12. The molecule has 4 rings (SSSR count). The fourth-order valence-electron chi connectivity index (χ4n) is 4.13. The van der Waals surface area contributed by atoms with Crippen molar-refractivity contribution in [2.24, 2.45) is 0 Å². The normalized spacial score (nSPS) is 14.9. The SMILES string of the molecule is C[C@H](OC(=O)c1c2ccccc2cc2ccccc12)C(=O)NCCC1=CCCCC1. The minimum Gasteiger partial charge on any atom is -0.449 e. The molecule has 3 aromatic carbocycles. The Morgan fingerprint density at radius 1 is 1.00 bits per heavy atom. The maximum Gasteiger partial charge on any atom is 0.340 e. The molecule has 4 nitrogen and oxygen atoms in total. The van der Waals surface area contributed by atoms with Crippen molar-refractivity contribution in [3.63, 3.8) is 0 Å². The average molecular weight is 402 g/mol. The molecule has 0 fully saturated rings. The molecule has 0 spiro atoms. The Labute approximate surface area is 176 Å². The molecule has 0 saturated heterocycles. The number of benzene rings is 3. The van der Waals surface area contributed by atoms with Crippen LogP contribution in [0.25, 0.3) is 21.5 Å². The van der Waals surface area contributed by atoms with Gasteiger partial charge in [0.15, 0.2) is 6.10 Å². The number of nitrogens with one attached hydrogen (secondary N) is 1. The zero-order valence-corrected chi connectivity index (χ0v) is 17.3. The topological polar surface area (TPSA) is 55.4 Å². The van der Waals surface area contributed by atoms with E-state index in [0.717, 1.165) is 40.8 Å². The summed E-state index contributed by atoms with van der Waals surface area (Å²) < 4.78 is 5.59. The Morgan fingerprint density at radius 2 is 1.67 bits per heavy atom. The molecule has 154 valence electrons. The number of hydrogen-bond acceptors (Lipinski definition) is 3. The second-order valence-corrected chi connectivity index (χ2v) is 7.89. The van der Waals surface area contributed by atoms with Gasteiger partial charge >= 0.3 is 5.97 Å². The molecule has 1 aliphatic carbocycles. The van der Waals surface area contributed by atoms with Crippen LogP contribution in [0, 0.1) is 0 Å². The molecular formula is C26H27NO3. The predicted octanol–water partition coefficient (Wildman–Crippen LogP) is 5.55. The van der Waals surface area contributed by atoms with Crippen LogP contribution in [0.5, 0.6) is 0 Å². The van der Waals surface area contributed by atoms with Crippen molar-refractivity contribution in [2.75, 3.05) is 6.54 Å². The first-order valence-corrected chi connectivity index (χ1v) is 10.7. The van der Waals surface area contributed by atoms with Crippen LogP contribution >= 0.6 is 0 Å². The van der Waals surface area contributed by atoms with Crippen LogP contribution in [-0.4, -0.2) is 24.5 Å². The summed E-state index contributed by atoms with van der Waals surface area (Å²) in [6, 6.07) is 17.6. The van der Waals surface area contributed by atoms with E-state index in [0.29, 0.717) is 12.1 Å². The molecule has 0 saturated carbocycles. The van der Waals surface area contributed by atoms with E-state index in [-0.39, 0.29) is 5.91 Å². The van der Waals surface area contributed by atoms with Gasteiger partial charge in [0.05, 0.1) is 5.56 Å². The lowest BCUT2D eigenvalue weighted by Gasteiger charge is -2.17. The third-order valence-electron chi connectivity index (χ3n) is 5.76. The average Bonchev–Trinajstić information content (AvgIpc) is 2.77. The number of rotatable bonds is 6. The molecule has 3 aromatic rings. The number of esters is 1. The lowest BCUT2D eigenvalue weighted by Crippen LogP contribution is -2.36. The van der Waals surface area contributed by atoms with Crippen molar-refractivity contribution < 1.29 is 14.3 Å². The number of carbonyl (C=O) groups excluding carboxylic acids is 2. The summed E-state index contributed by atoms with van der Waals surface area (Å²) in [5.41, 5.74) is 1.92. The maximum absolute atomic E-state index is 13.1. The summed E-state index contributed by atoms with van der Waals surface area (Å²) >= 11 is 0. The van der Waals surface area contributed by atoms with Crippen LogP contribution in [0.1, 0.15) is 49.4 Å². The molecule has 0 radical (unpaired) electrons. The van der Waals surface area contributed by atoms with Crippen molar-refractivity contribution in [3.05, 3.63) is 71.8 Å². The van der Waals surface area contributed by atoms with Crippen LogP contribution in [0.3, 0.4) is 0 Å². The number of hydrogen-bond donors (Lipinski definition) is 1. The van der Waals surface area contributed by atoms with Gasteiger partial charge in [-0.2, -0.15) is 0 Å². The van der Waals surface area contributed by atoms with Gasteiger partial charge in [-0.25, -0.2) is 4.79 Å². The lowest BCUT2D eigenvalue weighted by atomic mass is 9.97. The van der Waals surface area contributed by atoms with E-state index in [1.54, 1.807) is 6.92 Å². The van der Waals surface area contributed by atoms with Crippen LogP contribution in [0.15, 0.2) is 66.2 Å². The lowest BCUT2D eigenvalue weighted by molar-refractivity contribution is -0.129. The van der Waals surface area contributed by atoms with Crippen molar-refractivity contribution in [1.29, 1.82) is 0 Å². The second kappa shape index (κ2) is 9.12. The Balaban J connectivity index is 1.48. The van der Waals surface area contributed by atoms with Crippen molar-refractivity contribution >= 4 is 33.4 Å². The zero-order chi connectivity index (χ0) is 20.9. The van der Waals surface area contributed by atoms with Crippen molar-refractivity contribution in [2.45, 2.75) is 45.1 Å². The first kappa shape index (κ1) is 20.1. The summed E-state index contributed by atoms with van der Waals surface area (Å²) in [4.78, 5) is 25.6. The highest BCUT2D eigenvalue weighted by Gasteiger charge is 2.22. The standard InChI is InChI=1S/C26H27NO3/c1-18(25(28)27-16-15-19-9-3-2-4-10-19)30-26(29)24-22-13-7-5-11-20(22)17-21-12-6-8-14-23(21)24/h5-9,11-14,17-18H,2-4,10,15-16H2,1H3,(H,27,28)/t18-/m0/s1. The summed E-state index contributed by atoms with van der Waals surface area (Å²) in [5.74, 6) is -0.732. The quantitative estimate of drug-likeness (QED) is 0.335. The number of fused-ring (bicyclic) bond motifs is 2. The fourth-order valence-corrected chi connectivity index (χ4v) is 4.13. The minimum absolute atomic E-state index is 0.260. The first-order valence-electron chi connectivity index (χ1n) is 10.7. The number of allylic oxidation sites excluding steroid dienone is 1. The highest BCUT2D eigenvalue weighted by atomic mass is 16.5. The van der Waals surface area contributed by atoms with E-state index >= 15 is 0 Å². The largest absolute Gasteiger partial charge is 0.449 e. The molecule has 1 aliphatic rings. The Hall–Kier alpha value is -3.14. The molecule has 1 amide bonds. The van der Waals surface area contributed by atoms with E-state index in [1.165, 1.54) is 18.4 Å². The van der Waals surface area contributed by atoms with E-state index in [9.17, 15) is 9.59 Å². The molecule has 0 aliphatic heterocycles. The van der Waals surface area contributed by atoms with Crippen molar-refractivity contribution in [1.82, 2.24) is 5.32 Å². The second-order valence-electron chi connectivity index (χ2n) is 7.89. The van der Waals surface area contributed by atoms with Crippen LogP contribution in [-0.2, 0) is 9.53 Å². The fraction of sp³-hybridized carbons (Fsp3) is 0.308. The van der Waals surface area contributed by atoms with Gasteiger partial charge in [-0.05, 0) is 66.6 Å². The molecule has 1 N–H and O–H groups in total. The molecule has 30 heavy (non-hydrogen) atoms. The van der Waals surface area contributed by atoms with Gasteiger partial charge in [0, 0.05) is 6.54 Å². The number of ether oxygens (including phenoxy) is 1. The molecule has 1 atom stereocenters. The third-order valence-corrected chi connectivity index (χ3v) is 5.76. The van der Waals surface area contributed by atoms with Gasteiger partial charge < -0.3 is 10.1 Å². The van der Waals surface area contributed by atoms with Crippen LogP contribution in [0.4, 0.5) is 0 Å². The summed E-state index contributed by atoms with van der Waals surface area (Å²) in [6.07, 6.45) is 7.03. The minimum atomic E-state index is -0.851. The van der Waals surface area contributed by atoms with Gasteiger partial charge in [0.1, 0.15) is 0 Å². The van der Waals surface area contributed by atoms with Gasteiger partial charge in [-0.15, -0.1) is 0 Å². The highest BCUT2D eigenvalue weighted by Crippen LogP contribution is 2.29. The highest BCUT2D eigenvalue weighted by molar-refractivity contribution is 6.16. The molecule has 4 heteroatoms. The molecule has 0 aromatic heterocycles. The molecular weight excluding hydrogens is 374 g/mol. The van der Waals surface area contributed by atoms with Crippen molar-refractivity contribution in [3.8, 4) is 0 Å². The predicted molar refractivity (Wildman–Crippen MR) is 121 cm³/mol. The molecule has 0 heterocycles. The molecule has 0 bridgehead atoms. The van der Waals surface area contributed by atoms with E-state index in [4.69, 9.17) is 4.74 Å². The third kappa shape index (κ3) is 4.38. The smallest absolute Gasteiger partial charge is 0.340 e. The van der Waals surface area contributed by atoms with Crippen LogP contribution < -0.4 is 5.32 Å².